The van der Waals surface area contributed by atoms with Gasteiger partial charge in [-0.3, -0.25) is 0 Å². The number of ether oxygens (including phenoxy) is 2. The van der Waals surface area contributed by atoms with E-state index in [2.05, 4.69) is 20.6 Å². The highest BCUT2D eigenvalue weighted by Crippen LogP contribution is 2.25. The number of halogens is 1. The highest BCUT2D eigenvalue weighted by atomic mass is 19.1. The summed E-state index contributed by atoms with van der Waals surface area (Å²) in [5.41, 5.74) is 2.53. The normalized spacial score (nSPS) is 20.9. The lowest BCUT2D eigenvalue weighted by atomic mass is 10.0. The van der Waals surface area contributed by atoms with Crippen molar-refractivity contribution < 1.29 is 23.8 Å². The van der Waals surface area contributed by atoms with Gasteiger partial charge in [-0.05, 0) is 48.9 Å². The highest BCUT2D eigenvalue weighted by molar-refractivity contribution is 5.75. The van der Waals surface area contributed by atoms with Gasteiger partial charge in [0, 0.05) is 25.4 Å². The van der Waals surface area contributed by atoms with Crippen molar-refractivity contribution in [2.24, 2.45) is 0 Å². The van der Waals surface area contributed by atoms with Crippen LogP contribution in [0.1, 0.15) is 49.0 Å². The molecule has 1 fully saturated rings. The van der Waals surface area contributed by atoms with Crippen molar-refractivity contribution in [2.45, 2.75) is 57.3 Å². The average molecular weight is 474 g/mol. The zero-order chi connectivity index (χ0) is 24.1. The first-order valence-corrected chi connectivity index (χ1v) is 11.7. The first kappa shape index (κ1) is 24.2. The molecule has 0 radical (unpaired) electrons. The molecule has 1 saturated heterocycles. The number of hydrogen-bond donors (Lipinski definition) is 3. The molecule has 2 aliphatic heterocycles. The van der Waals surface area contributed by atoms with E-state index in [-0.39, 0.29) is 36.6 Å². The number of benzene rings is 1. The molecule has 10 heteroatoms. The summed E-state index contributed by atoms with van der Waals surface area (Å²) in [5, 5.41) is 15.7. The molecule has 0 aliphatic carbocycles. The molecule has 0 bridgehead atoms. The van der Waals surface area contributed by atoms with Gasteiger partial charge in [-0.25, -0.2) is 19.2 Å². The van der Waals surface area contributed by atoms with Gasteiger partial charge in [0.1, 0.15) is 0 Å². The minimum atomic E-state index is -0.453. The number of aliphatic hydroxyl groups excluding tert-OH is 1. The number of aromatic nitrogens is 2. The summed E-state index contributed by atoms with van der Waals surface area (Å²) in [7, 11) is 1.42. The molecule has 1 aromatic heterocycles. The lowest BCUT2D eigenvalue weighted by molar-refractivity contribution is -0.0213. The SMILES string of the molecule is CCC(NC(=O)N1CCc2cnc(NC3CCOC(CO)C3)nc2C1)c1ccc(OC)c(F)c1. The van der Waals surface area contributed by atoms with Crippen molar-refractivity contribution in [3.8, 4) is 5.75 Å². The van der Waals surface area contributed by atoms with Crippen LogP contribution in [0, 0.1) is 5.82 Å². The number of nitrogens with one attached hydrogen (secondary N) is 2. The molecule has 184 valence electrons. The predicted molar refractivity (Wildman–Crippen MR) is 124 cm³/mol. The van der Waals surface area contributed by atoms with Gasteiger partial charge in [0.25, 0.3) is 0 Å². The fraction of sp³-hybridized carbons (Fsp3) is 0.542. The number of aliphatic hydroxyl groups is 1. The van der Waals surface area contributed by atoms with Gasteiger partial charge in [0.15, 0.2) is 11.6 Å². The number of anilines is 1. The third-order valence-electron chi connectivity index (χ3n) is 6.42. The Bertz CT molecular complexity index is 1010. The van der Waals surface area contributed by atoms with E-state index in [1.54, 1.807) is 17.0 Å². The maximum atomic E-state index is 14.2. The number of nitrogens with zero attached hydrogens (tertiary/aromatic N) is 3. The molecule has 2 aromatic rings. The Labute approximate surface area is 198 Å². The third kappa shape index (κ3) is 5.56. The molecule has 1 aromatic carbocycles. The Morgan fingerprint density at radius 2 is 2.29 bits per heavy atom. The van der Waals surface area contributed by atoms with Crippen LogP contribution in [0.2, 0.25) is 0 Å². The summed E-state index contributed by atoms with van der Waals surface area (Å²) in [6.45, 7) is 3.45. The summed E-state index contributed by atoms with van der Waals surface area (Å²) >= 11 is 0. The second-order valence-corrected chi connectivity index (χ2v) is 8.68. The lowest BCUT2D eigenvalue weighted by Crippen LogP contribution is -2.44. The quantitative estimate of drug-likeness (QED) is 0.567. The number of amides is 2. The Kier molecular flexibility index (Phi) is 7.79. The van der Waals surface area contributed by atoms with Crippen molar-refractivity contribution in [3.63, 3.8) is 0 Å². The van der Waals surface area contributed by atoms with Crippen molar-refractivity contribution >= 4 is 12.0 Å². The monoisotopic (exact) mass is 473 g/mol. The fourth-order valence-corrected chi connectivity index (χ4v) is 4.43. The zero-order valence-corrected chi connectivity index (χ0v) is 19.6. The first-order valence-electron chi connectivity index (χ1n) is 11.7. The molecule has 4 rings (SSSR count). The third-order valence-corrected chi connectivity index (χ3v) is 6.42. The van der Waals surface area contributed by atoms with E-state index in [0.29, 0.717) is 50.5 Å². The van der Waals surface area contributed by atoms with Crippen molar-refractivity contribution in [1.29, 1.82) is 0 Å². The van der Waals surface area contributed by atoms with E-state index in [9.17, 15) is 14.3 Å². The molecule has 2 aliphatic rings. The van der Waals surface area contributed by atoms with Crippen LogP contribution < -0.4 is 15.4 Å². The molecule has 3 N–H and O–H groups in total. The van der Waals surface area contributed by atoms with Gasteiger partial charge >= 0.3 is 6.03 Å². The largest absolute Gasteiger partial charge is 0.494 e. The van der Waals surface area contributed by atoms with E-state index >= 15 is 0 Å². The summed E-state index contributed by atoms with van der Waals surface area (Å²) in [4.78, 5) is 23.9. The Hall–Kier alpha value is -2.98. The summed E-state index contributed by atoms with van der Waals surface area (Å²) in [6.07, 6.45) is 4.44. The molecule has 2 amide bonds. The standard InChI is InChI=1S/C24H32FN5O4/c1-3-20(15-4-5-22(33-2)19(25)10-15)29-24(32)30-8-6-16-12-26-23(28-21(16)13-30)27-17-7-9-34-18(11-17)14-31/h4-5,10,12,17-18,20,31H,3,6-9,11,13-14H2,1-2H3,(H,29,32)(H,26,27,28). The van der Waals surface area contributed by atoms with E-state index in [1.165, 1.54) is 13.2 Å². The molecular weight excluding hydrogens is 441 g/mol. The molecule has 0 saturated carbocycles. The van der Waals surface area contributed by atoms with Gasteiger partial charge in [0.05, 0.1) is 38.1 Å². The summed E-state index contributed by atoms with van der Waals surface area (Å²) in [6, 6.07) is 4.35. The molecule has 3 unspecified atom stereocenters. The minimum absolute atomic E-state index is 0.00474. The zero-order valence-electron chi connectivity index (χ0n) is 19.6. The van der Waals surface area contributed by atoms with E-state index in [1.807, 2.05) is 13.1 Å². The second kappa shape index (κ2) is 11.0. The van der Waals surface area contributed by atoms with E-state index < -0.39 is 5.82 Å². The Balaban J connectivity index is 1.40. The van der Waals surface area contributed by atoms with Gasteiger partial charge in [-0.15, -0.1) is 0 Å². The number of rotatable bonds is 7. The Morgan fingerprint density at radius 3 is 3.03 bits per heavy atom. The summed E-state index contributed by atoms with van der Waals surface area (Å²) < 4.78 is 24.7. The smallest absolute Gasteiger partial charge is 0.318 e. The van der Waals surface area contributed by atoms with E-state index in [4.69, 9.17) is 9.47 Å². The maximum Gasteiger partial charge on any atom is 0.318 e. The van der Waals surface area contributed by atoms with Crippen LogP contribution in [0.4, 0.5) is 15.1 Å². The van der Waals surface area contributed by atoms with Crippen LogP contribution in [0.5, 0.6) is 5.75 Å². The topological polar surface area (TPSA) is 109 Å². The second-order valence-electron chi connectivity index (χ2n) is 8.68. The molecule has 3 heterocycles. The molecule has 3 atom stereocenters. The molecule has 0 spiro atoms. The molecular formula is C24H32FN5O4. The summed E-state index contributed by atoms with van der Waals surface area (Å²) in [5.74, 6) is 0.241. The maximum absolute atomic E-state index is 14.2. The van der Waals surface area contributed by atoms with Crippen LogP contribution in [0.15, 0.2) is 24.4 Å². The predicted octanol–water partition coefficient (Wildman–Crippen LogP) is 2.80. The van der Waals surface area contributed by atoms with Crippen LogP contribution in [0.25, 0.3) is 0 Å². The molecule has 34 heavy (non-hydrogen) atoms. The Morgan fingerprint density at radius 1 is 1.44 bits per heavy atom. The van der Waals surface area contributed by atoms with Crippen LogP contribution in [0.3, 0.4) is 0 Å². The molecule has 9 nitrogen and oxygen atoms in total. The van der Waals surface area contributed by atoms with Gasteiger partial charge < -0.3 is 30.1 Å². The number of carbonyl (C=O) groups is 1. The van der Waals surface area contributed by atoms with Crippen molar-refractivity contribution in [3.05, 3.63) is 47.0 Å². The van der Waals surface area contributed by atoms with E-state index in [0.717, 1.165) is 17.7 Å². The number of hydrogen-bond acceptors (Lipinski definition) is 7. The van der Waals surface area contributed by atoms with Gasteiger partial charge in [0.2, 0.25) is 5.95 Å². The van der Waals surface area contributed by atoms with Crippen LogP contribution >= 0.6 is 0 Å². The van der Waals surface area contributed by atoms with Crippen molar-refractivity contribution in [1.82, 2.24) is 20.2 Å². The number of methoxy groups -OCH3 is 1. The number of fused-ring (bicyclic) bond motifs is 1. The van der Waals surface area contributed by atoms with Gasteiger partial charge in [-0.2, -0.15) is 0 Å². The fourth-order valence-electron chi connectivity index (χ4n) is 4.43. The number of carbonyl (C=O) groups excluding carboxylic acids is 1. The lowest BCUT2D eigenvalue weighted by Gasteiger charge is -2.31. The minimum Gasteiger partial charge on any atom is -0.494 e. The van der Waals surface area contributed by atoms with Crippen LogP contribution in [-0.4, -0.2) is 65.0 Å². The average Bonchev–Trinajstić information content (AvgIpc) is 2.86. The first-order chi connectivity index (χ1) is 16.5. The van der Waals surface area contributed by atoms with Crippen LogP contribution in [-0.2, 0) is 17.7 Å². The van der Waals surface area contributed by atoms with Gasteiger partial charge in [-0.1, -0.05) is 13.0 Å². The highest BCUT2D eigenvalue weighted by Gasteiger charge is 2.26. The number of urea groups is 1. The van der Waals surface area contributed by atoms with Crippen molar-refractivity contribution in [2.75, 3.05) is 32.2 Å².